The molecule has 0 spiro atoms. The smallest absolute Gasteiger partial charge is 0.322 e. The molecule has 0 amide bonds. The van der Waals surface area contributed by atoms with E-state index in [2.05, 4.69) is 31.2 Å². The minimum atomic E-state index is -1.07. The Morgan fingerprint density at radius 2 is 2.10 bits per heavy atom. The van der Waals surface area contributed by atoms with Gasteiger partial charge in [-0.2, -0.15) is 9.37 Å². The summed E-state index contributed by atoms with van der Waals surface area (Å²) in [6, 6.07) is 2.32. The highest BCUT2D eigenvalue weighted by molar-refractivity contribution is 9.10. The lowest BCUT2D eigenvalue weighted by Crippen LogP contribution is -2.13. The van der Waals surface area contributed by atoms with Gasteiger partial charge in [0.1, 0.15) is 0 Å². The van der Waals surface area contributed by atoms with Gasteiger partial charge >= 0.3 is 6.01 Å². The Balaban J connectivity index is 2.22. The average molecular weight is 358 g/mol. The van der Waals surface area contributed by atoms with Gasteiger partial charge in [0.05, 0.1) is 0 Å². The van der Waals surface area contributed by atoms with Gasteiger partial charge in [-0.1, -0.05) is 22.9 Å². The molecule has 0 bridgehead atoms. The van der Waals surface area contributed by atoms with Crippen LogP contribution in [0.1, 0.15) is 18.2 Å². The highest BCUT2D eigenvalue weighted by atomic mass is 79.9. The van der Waals surface area contributed by atoms with Crippen molar-refractivity contribution in [2.75, 3.05) is 6.54 Å². The van der Waals surface area contributed by atoms with E-state index in [0.717, 1.165) is 23.9 Å². The summed E-state index contributed by atoms with van der Waals surface area (Å²) in [5.41, 5.74) is 1.64. The molecular weight excluding hydrogens is 344 g/mol. The molecule has 1 aromatic carbocycles. The molecule has 4 nitrogen and oxygen atoms in total. The Bertz CT molecular complexity index is 652. The third-order valence-corrected chi connectivity index (χ3v) is 3.24. The number of ether oxygens (including phenoxy) is 1. The summed E-state index contributed by atoms with van der Waals surface area (Å²) in [7, 11) is 0. The fraction of sp³-hybridized carbons (Fsp3) is 0.286. The van der Waals surface area contributed by atoms with Gasteiger partial charge in [-0.3, -0.25) is 0 Å². The summed E-state index contributed by atoms with van der Waals surface area (Å²) in [6.45, 7) is 5.28. The van der Waals surface area contributed by atoms with Crippen LogP contribution in [-0.2, 0) is 6.54 Å². The van der Waals surface area contributed by atoms with E-state index in [0.29, 0.717) is 11.0 Å². The van der Waals surface area contributed by atoms with Crippen molar-refractivity contribution in [3.63, 3.8) is 0 Å². The second-order valence-electron chi connectivity index (χ2n) is 4.35. The largest absolute Gasteiger partial charge is 0.421 e. The molecule has 0 aliphatic carbocycles. The standard InChI is InChI=1S/C14H14BrF2N3O/c1-3-18-6-9-7-19-14(20-8(9)2)21-12-5-10(15)4-11(16)13(12)17/h4-5,7,18H,3,6H2,1-2H3. The van der Waals surface area contributed by atoms with Crippen molar-refractivity contribution in [3.8, 4) is 11.8 Å². The number of nitrogens with one attached hydrogen (secondary N) is 1. The van der Waals surface area contributed by atoms with Gasteiger partial charge < -0.3 is 10.1 Å². The first-order chi connectivity index (χ1) is 10.0. The van der Waals surface area contributed by atoms with E-state index in [4.69, 9.17) is 4.74 Å². The first-order valence-electron chi connectivity index (χ1n) is 6.37. The molecule has 1 N–H and O–H groups in total. The lowest BCUT2D eigenvalue weighted by Gasteiger charge is -2.09. The topological polar surface area (TPSA) is 47.0 Å². The van der Waals surface area contributed by atoms with Crippen molar-refractivity contribution in [1.82, 2.24) is 15.3 Å². The summed E-state index contributed by atoms with van der Waals surface area (Å²) < 4.78 is 32.5. The van der Waals surface area contributed by atoms with Crippen molar-refractivity contribution in [1.29, 1.82) is 0 Å². The number of aromatic nitrogens is 2. The van der Waals surface area contributed by atoms with Gasteiger partial charge in [0.25, 0.3) is 0 Å². The lowest BCUT2D eigenvalue weighted by molar-refractivity contribution is 0.391. The second-order valence-corrected chi connectivity index (χ2v) is 5.26. The molecule has 0 aliphatic rings. The van der Waals surface area contributed by atoms with Crippen LogP contribution in [0, 0.1) is 18.6 Å². The lowest BCUT2D eigenvalue weighted by atomic mass is 10.2. The van der Waals surface area contributed by atoms with Gasteiger partial charge in [0.2, 0.25) is 5.82 Å². The molecule has 1 heterocycles. The number of hydrogen-bond donors (Lipinski definition) is 1. The number of halogens is 3. The summed E-state index contributed by atoms with van der Waals surface area (Å²) in [5.74, 6) is -2.34. The van der Waals surface area contributed by atoms with E-state index in [1.54, 1.807) is 13.1 Å². The van der Waals surface area contributed by atoms with E-state index in [1.165, 1.54) is 6.07 Å². The summed E-state index contributed by atoms with van der Waals surface area (Å²) >= 11 is 3.08. The number of aryl methyl sites for hydroxylation is 1. The zero-order valence-electron chi connectivity index (χ0n) is 11.6. The first-order valence-corrected chi connectivity index (χ1v) is 7.16. The predicted octanol–water partition coefficient (Wildman–Crippen LogP) is 3.73. The quantitative estimate of drug-likeness (QED) is 0.828. The molecule has 0 aliphatic heterocycles. The zero-order valence-corrected chi connectivity index (χ0v) is 13.2. The third kappa shape index (κ3) is 3.95. The summed E-state index contributed by atoms with van der Waals surface area (Å²) in [6.07, 6.45) is 1.60. The molecule has 0 saturated heterocycles. The molecule has 0 radical (unpaired) electrons. The minimum absolute atomic E-state index is 0.0239. The van der Waals surface area contributed by atoms with Crippen LogP contribution in [0.3, 0.4) is 0 Å². The van der Waals surface area contributed by atoms with Crippen molar-refractivity contribution in [2.45, 2.75) is 20.4 Å². The Kier molecular flexibility index (Phi) is 5.19. The van der Waals surface area contributed by atoms with Crippen LogP contribution in [0.15, 0.2) is 22.8 Å². The SMILES string of the molecule is CCNCc1cnc(Oc2cc(Br)cc(F)c2F)nc1C. The van der Waals surface area contributed by atoms with Gasteiger partial charge in [-0.05, 0) is 25.6 Å². The highest BCUT2D eigenvalue weighted by Gasteiger charge is 2.14. The van der Waals surface area contributed by atoms with Gasteiger partial charge in [0, 0.05) is 28.5 Å². The van der Waals surface area contributed by atoms with Crippen LogP contribution in [0.2, 0.25) is 0 Å². The Morgan fingerprint density at radius 3 is 2.76 bits per heavy atom. The van der Waals surface area contributed by atoms with E-state index < -0.39 is 11.6 Å². The molecule has 7 heteroatoms. The summed E-state index contributed by atoms with van der Waals surface area (Å²) in [4.78, 5) is 8.15. The first kappa shape index (κ1) is 15.8. The Morgan fingerprint density at radius 1 is 1.33 bits per heavy atom. The molecule has 2 rings (SSSR count). The number of benzene rings is 1. The maximum Gasteiger partial charge on any atom is 0.322 e. The van der Waals surface area contributed by atoms with Crippen LogP contribution in [0.25, 0.3) is 0 Å². The Labute approximate surface area is 129 Å². The molecular formula is C14H14BrF2N3O. The van der Waals surface area contributed by atoms with Crippen LogP contribution >= 0.6 is 15.9 Å². The monoisotopic (exact) mass is 357 g/mol. The maximum absolute atomic E-state index is 13.6. The molecule has 112 valence electrons. The predicted molar refractivity (Wildman–Crippen MR) is 78.3 cm³/mol. The minimum Gasteiger partial charge on any atom is -0.421 e. The molecule has 0 fully saturated rings. The maximum atomic E-state index is 13.6. The number of nitrogens with zero attached hydrogens (tertiary/aromatic N) is 2. The Hall–Kier alpha value is -1.60. The van der Waals surface area contributed by atoms with Gasteiger partial charge in [-0.15, -0.1) is 0 Å². The van der Waals surface area contributed by atoms with Crippen molar-refractivity contribution >= 4 is 15.9 Å². The van der Waals surface area contributed by atoms with E-state index in [1.807, 2.05) is 6.92 Å². The van der Waals surface area contributed by atoms with Crippen LogP contribution in [0.4, 0.5) is 8.78 Å². The molecule has 0 saturated carbocycles. The van der Waals surface area contributed by atoms with Crippen molar-refractivity contribution in [2.24, 2.45) is 0 Å². The fourth-order valence-electron chi connectivity index (χ4n) is 1.66. The molecule has 2 aromatic rings. The average Bonchev–Trinajstić information content (AvgIpc) is 2.43. The summed E-state index contributed by atoms with van der Waals surface area (Å²) in [5, 5.41) is 3.16. The molecule has 21 heavy (non-hydrogen) atoms. The normalized spacial score (nSPS) is 10.7. The second kappa shape index (κ2) is 6.91. The third-order valence-electron chi connectivity index (χ3n) is 2.79. The van der Waals surface area contributed by atoms with Crippen LogP contribution < -0.4 is 10.1 Å². The van der Waals surface area contributed by atoms with Crippen molar-refractivity contribution < 1.29 is 13.5 Å². The van der Waals surface area contributed by atoms with E-state index in [9.17, 15) is 8.78 Å². The van der Waals surface area contributed by atoms with Crippen molar-refractivity contribution in [3.05, 3.63) is 45.7 Å². The number of hydrogen-bond acceptors (Lipinski definition) is 4. The highest BCUT2D eigenvalue weighted by Crippen LogP contribution is 2.28. The molecule has 0 unspecified atom stereocenters. The van der Waals surface area contributed by atoms with E-state index >= 15 is 0 Å². The van der Waals surface area contributed by atoms with Gasteiger partial charge in [-0.25, -0.2) is 9.37 Å². The van der Waals surface area contributed by atoms with Gasteiger partial charge in [0.15, 0.2) is 11.6 Å². The molecule has 1 aromatic heterocycles. The fourth-order valence-corrected chi connectivity index (χ4v) is 2.07. The molecule has 0 atom stereocenters. The zero-order chi connectivity index (χ0) is 15.4. The van der Waals surface area contributed by atoms with Crippen LogP contribution in [0.5, 0.6) is 11.8 Å². The number of rotatable bonds is 5. The van der Waals surface area contributed by atoms with Crippen LogP contribution in [-0.4, -0.2) is 16.5 Å². The van der Waals surface area contributed by atoms with E-state index in [-0.39, 0.29) is 11.8 Å².